The second-order valence-electron chi connectivity index (χ2n) is 6.93. The van der Waals surface area contributed by atoms with Crippen molar-refractivity contribution in [1.29, 1.82) is 0 Å². The molecule has 1 aliphatic rings. The van der Waals surface area contributed by atoms with Crippen LogP contribution in [-0.2, 0) is 11.2 Å². The van der Waals surface area contributed by atoms with Gasteiger partial charge in [0.1, 0.15) is 5.75 Å². The summed E-state index contributed by atoms with van der Waals surface area (Å²) >= 11 is 7.59. The number of nitrogens with one attached hydrogen (secondary N) is 2. The quantitative estimate of drug-likeness (QED) is 0.576. The number of hydrogen-bond donors (Lipinski definition) is 2. The molecule has 1 atom stereocenters. The van der Waals surface area contributed by atoms with Gasteiger partial charge >= 0.3 is 0 Å². The van der Waals surface area contributed by atoms with Crippen molar-refractivity contribution in [1.82, 2.24) is 4.98 Å². The molecule has 0 radical (unpaired) electrons. The summed E-state index contributed by atoms with van der Waals surface area (Å²) in [5, 5.41) is 6.71. The van der Waals surface area contributed by atoms with Crippen molar-refractivity contribution in [2.75, 3.05) is 17.7 Å². The van der Waals surface area contributed by atoms with Crippen LogP contribution in [0.4, 0.5) is 10.8 Å². The lowest BCUT2D eigenvalue weighted by atomic mass is 9.90. The van der Waals surface area contributed by atoms with Crippen LogP contribution >= 0.6 is 22.9 Å². The van der Waals surface area contributed by atoms with Gasteiger partial charge in [-0.2, -0.15) is 0 Å². The zero-order valence-corrected chi connectivity index (χ0v) is 17.8. The number of amides is 2. The number of halogens is 1. The predicted molar refractivity (Wildman–Crippen MR) is 119 cm³/mol. The first-order chi connectivity index (χ1) is 14.5. The highest BCUT2D eigenvalue weighted by Gasteiger charge is 2.30. The fourth-order valence-corrected chi connectivity index (χ4v) is 4.78. The van der Waals surface area contributed by atoms with Gasteiger partial charge in [-0.1, -0.05) is 29.8 Å². The van der Waals surface area contributed by atoms with Gasteiger partial charge in [-0.3, -0.25) is 14.9 Å². The number of carbonyl (C=O) groups excluding carboxylic acids is 2. The Morgan fingerprint density at radius 3 is 2.70 bits per heavy atom. The van der Waals surface area contributed by atoms with Gasteiger partial charge in [-0.05, 0) is 49.6 Å². The van der Waals surface area contributed by atoms with Crippen molar-refractivity contribution in [2.24, 2.45) is 0 Å². The van der Waals surface area contributed by atoms with Gasteiger partial charge in [0.25, 0.3) is 5.91 Å². The van der Waals surface area contributed by atoms with Crippen LogP contribution < -0.4 is 15.4 Å². The molecule has 0 saturated carbocycles. The van der Waals surface area contributed by atoms with Crippen LogP contribution in [0.1, 0.15) is 39.7 Å². The Balaban J connectivity index is 1.50. The lowest BCUT2D eigenvalue weighted by Crippen LogP contribution is -2.24. The molecule has 0 spiro atoms. The summed E-state index contributed by atoms with van der Waals surface area (Å²) in [4.78, 5) is 31.0. The summed E-state index contributed by atoms with van der Waals surface area (Å²) in [5.41, 5.74) is 1.91. The molecule has 0 aliphatic heterocycles. The molecule has 30 heavy (non-hydrogen) atoms. The van der Waals surface area contributed by atoms with E-state index in [0.29, 0.717) is 33.6 Å². The van der Waals surface area contributed by atoms with E-state index in [0.717, 1.165) is 23.4 Å². The van der Waals surface area contributed by atoms with Gasteiger partial charge < -0.3 is 10.1 Å². The van der Waals surface area contributed by atoms with Crippen molar-refractivity contribution in [3.8, 4) is 5.75 Å². The minimum atomic E-state index is -0.367. The number of ether oxygens (including phenoxy) is 1. The summed E-state index contributed by atoms with van der Waals surface area (Å²) in [6.07, 6.45) is 2.45. The smallest absolute Gasteiger partial charge is 0.257 e. The molecule has 4 rings (SSSR count). The highest BCUT2D eigenvalue weighted by atomic mass is 35.5. The van der Waals surface area contributed by atoms with Gasteiger partial charge in [0.05, 0.1) is 23.7 Å². The molecule has 3 aromatic rings. The van der Waals surface area contributed by atoms with E-state index >= 15 is 0 Å². The summed E-state index contributed by atoms with van der Waals surface area (Å²) in [5.74, 6) is -0.167. The molecule has 1 aromatic heterocycles. The van der Waals surface area contributed by atoms with Crippen LogP contribution in [0, 0.1) is 0 Å². The normalized spacial score (nSPS) is 15.2. The fraction of sp³-hybridized carbons (Fsp3) is 0.227. The minimum Gasteiger partial charge on any atom is -0.495 e. The van der Waals surface area contributed by atoms with Crippen molar-refractivity contribution >= 4 is 45.6 Å². The topological polar surface area (TPSA) is 80.3 Å². The molecular formula is C22H20ClN3O3S. The number of carbonyl (C=O) groups is 2. The van der Waals surface area contributed by atoms with Gasteiger partial charge in [-0.25, -0.2) is 4.98 Å². The van der Waals surface area contributed by atoms with Gasteiger partial charge in [0.15, 0.2) is 5.13 Å². The molecule has 154 valence electrons. The third-order valence-corrected chi connectivity index (χ3v) is 6.29. The first-order valence-electron chi connectivity index (χ1n) is 9.55. The van der Waals surface area contributed by atoms with E-state index in [-0.39, 0.29) is 17.7 Å². The van der Waals surface area contributed by atoms with E-state index in [1.54, 1.807) is 37.4 Å². The molecular weight excluding hydrogens is 422 g/mol. The van der Waals surface area contributed by atoms with Crippen molar-refractivity contribution in [2.45, 2.75) is 25.2 Å². The maximum absolute atomic E-state index is 12.9. The predicted octanol–water partition coefficient (Wildman–Crippen LogP) is 5.12. The van der Waals surface area contributed by atoms with E-state index in [1.807, 2.05) is 18.2 Å². The van der Waals surface area contributed by atoms with E-state index < -0.39 is 0 Å². The van der Waals surface area contributed by atoms with Crippen LogP contribution in [0.25, 0.3) is 0 Å². The van der Waals surface area contributed by atoms with E-state index in [9.17, 15) is 9.59 Å². The Bertz CT molecular complexity index is 1080. The summed E-state index contributed by atoms with van der Waals surface area (Å²) in [6.45, 7) is 0. The molecule has 1 heterocycles. The molecule has 2 amide bonds. The first-order valence-corrected chi connectivity index (χ1v) is 10.7. The van der Waals surface area contributed by atoms with Crippen LogP contribution in [0.3, 0.4) is 0 Å². The molecule has 0 bridgehead atoms. The van der Waals surface area contributed by atoms with Gasteiger partial charge in [0.2, 0.25) is 5.91 Å². The first kappa shape index (κ1) is 20.4. The number of hydrogen-bond acceptors (Lipinski definition) is 5. The highest BCUT2D eigenvalue weighted by molar-refractivity contribution is 7.16. The largest absolute Gasteiger partial charge is 0.495 e. The zero-order valence-electron chi connectivity index (χ0n) is 16.3. The molecule has 1 aliphatic carbocycles. The minimum absolute atomic E-state index is 0.136. The lowest BCUT2D eigenvalue weighted by Gasteiger charge is -2.20. The summed E-state index contributed by atoms with van der Waals surface area (Å²) in [6, 6.07) is 14.1. The van der Waals surface area contributed by atoms with Crippen molar-refractivity contribution in [3.63, 3.8) is 0 Å². The van der Waals surface area contributed by atoms with Gasteiger partial charge in [-0.15, -0.1) is 11.3 Å². The molecule has 6 nitrogen and oxygen atoms in total. The van der Waals surface area contributed by atoms with Gasteiger partial charge in [0, 0.05) is 16.1 Å². The SMILES string of the molecule is COc1ccc(NC(=O)C2CCCc3sc(NC(=O)c4ccccc4)nc32)cc1Cl. The highest BCUT2D eigenvalue weighted by Crippen LogP contribution is 2.38. The average Bonchev–Trinajstić information content (AvgIpc) is 3.16. The van der Waals surface area contributed by atoms with Crippen LogP contribution in [0.2, 0.25) is 5.02 Å². The monoisotopic (exact) mass is 441 g/mol. The maximum Gasteiger partial charge on any atom is 0.257 e. The number of rotatable bonds is 5. The number of anilines is 2. The van der Waals surface area contributed by atoms with Crippen molar-refractivity contribution in [3.05, 3.63) is 69.7 Å². The number of nitrogens with zero attached hydrogens (tertiary/aromatic N) is 1. The molecule has 2 aromatic carbocycles. The van der Waals surface area contributed by atoms with Crippen molar-refractivity contribution < 1.29 is 14.3 Å². The third kappa shape index (κ3) is 4.32. The standard InChI is InChI=1S/C22H20ClN3O3S/c1-29-17-11-10-14(12-16(17)23)24-21(28)15-8-5-9-18-19(15)25-22(30-18)26-20(27)13-6-3-2-4-7-13/h2-4,6-7,10-12,15H,5,8-9H2,1H3,(H,24,28)(H,25,26,27). The van der Waals surface area contributed by atoms with Crippen LogP contribution in [0.5, 0.6) is 5.75 Å². The Hall–Kier alpha value is -2.90. The molecule has 0 saturated heterocycles. The van der Waals surface area contributed by atoms with E-state index in [2.05, 4.69) is 15.6 Å². The number of aryl methyl sites for hydroxylation is 1. The van der Waals surface area contributed by atoms with Crippen LogP contribution in [0.15, 0.2) is 48.5 Å². The van der Waals surface area contributed by atoms with E-state index in [1.165, 1.54) is 11.3 Å². The van der Waals surface area contributed by atoms with E-state index in [4.69, 9.17) is 16.3 Å². The number of aromatic nitrogens is 1. The fourth-order valence-electron chi connectivity index (χ4n) is 3.46. The Morgan fingerprint density at radius 1 is 1.17 bits per heavy atom. The number of fused-ring (bicyclic) bond motifs is 1. The zero-order chi connectivity index (χ0) is 21.1. The molecule has 1 unspecified atom stereocenters. The molecule has 2 N–H and O–H groups in total. The Morgan fingerprint density at radius 2 is 1.97 bits per heavy atom. The molecule has 8 heteroatoms. The maximum atomic E-state index is 12.9. The Kier molecular flexibility index (Phi) is 6.01. The molecule has 0 fully saturated rings. The summed E-state index contributed by atoms with van der Waals surface area (Å²) < 4.78 is 5.15. The second kappa shape index (κ2) is 8.85. The lowest BCUT2D eigenvalue weighted by molar-refractivity contribution is -0.117. The number of methoxy groups -OCH3 is 1. The second-order valence-corrected chi connectivity index (χ2v) is 8.42. The number of benzene rings is 2. The Labute approximate surface area is 183 Å². The van der Waals surface area contributed by atoms with Crippen LogP contribution in [-0.4, -0.2) is 23.9 Å². The number of thiazole rings is 1. The third-order valence-electron chi connectivity index (χ3n) is 4.95. The average molecular weight is 442 g/mol. The summed E-state index contributed by atoms with van der Waals surface area (Å²) in [7, 11) is 1.54.